The predicted octanol–water partition coefficient (Wildman–Crippen LogP) is 3.15. The molecule has 0 aliphatic rings. The van der Waals surface area contributed by atoms with Gasteiger partial charge in [0.2, 0.25) is 0 Å². The van der Waals surface area contributed by atoms with Crippen LogP contribution in [0.4, 0.5) is 10.5 Å². The minimum atomic E-state index is -0.782. The van der Waals surface area contributed by atoms with E-state index in [2.05, 4.69) is 10.6 Å². The van der Waals surface area contributed by atoms with E-state index in [1.54, 1.807) is 24.3 Å². The van der Waals surface area contributed by atoms with E-state index in [4.69, 9.17) is 20.8 Å². The number of nitrogens with zero attached hydrogens (tertiary/aromatic N) is 1. The number of anilines is 1. The van der Waals surface area contributed by atoms with Crippen molar-refractivity contribution < 1.29 is 23.5 Å². The van der Waals surface area contributed by atoms with Crippen molar-refractivity contribution >= 4 is 46.3 Å². The quantitative estimate of drug-likeness (QED) is 0.562. The number of oxazole rings is 1. The molecule has 0 bridgehead atoms. The molecule has 2 aromatic carbocycles. The van der Waals surface area contributed by atoms with E-state index < -0.39 is 30.3 Å². The van der Waals surface area contributed by atoms with Crippen molar-refractivity contribution in [1.82, 2.24) is 9.88 Å². The molecule has 3 amide bonds. The molecule has 0 saturated carbocycles. The summed E-state index contributed by atoms with van der Waals surface area (Å²) in [7, 11) is 0. The number of halogens is 1. The van der Waals surface area contributed by atoms with E-state index in [1.807, 2.05) is 19.9 Å². The summed E-state index contributed by atoms with van der Waals surface area (Å²) < 4.78 is 11.2. The fraction of sp³-hybridized carbons (Fsp3) is 0.238. The van der Waals surface area contributed by atoms with E-state index in [1.165, 1.54) is 10.6 Å². The molecule has 2 N–H and O–H groups in total. The first kappa shape index (κ1) is 22.1. The van der Waals surface area contributed by atoms with Gasteiger partial charge in [0, 0.05) is 23.3 Å². The van der Waals surface area contributed by atoms with Crippen LogP contribution in [0.5, 0.6) is 0 Å². The Morgan fingerprint density at radius 2 is 1.87 bits per heavy atom. The van der Waals surface area contributed by atoms with Gasteiger partial charge in [-0.3, -0.25) is 19.5 Å². The molecule has 0 aliphatic carbocycles. The molecule has 3 rings (SSSR count). The predicted molar refractivity (Wildman–Crippen MR) is 114 cm³/mol. The Bertz CT molecular complexity index is 1210. The molecule has 1 aromatic heterocycles. The van der Waals surface area contributed by atoms with Crippen molar-refractivity contribution in [3.8, 4) is 0 Å². The number of carbonyl (C=O) groups excluding carboxylic acids is 3. The Morgan fingerprint density at radius 3 is 2.61 bits per heavy atom. The van der Waals surface area contributed by atoms with E-state index in [9.17, 15) is 19.2 Å². The monoisotopic (exact) mass is 445 g/mol. The van der Waals surface area contributed by atoms with E-state index >= 15 is 0 Å². The summed E-state index contributed by atoms with van der Waals surface area (Å²) in [5.41, 5.74) is 3.39. The zero-order chi connectivity index (χ0) is 22.5. The van der Waals surface area contributed by atoms with Crippen LogP contribution in [-0.4, -0.2) is 29.1 Å². The first-order chi connectivity index (χ1) is 14.7. The Morgan fingerprint density at radius 1 is 1.10 bits per heavy atom. The second kappa shape index (κ2) is 9.48. The van der Waals surface area contributed by atoms with E-state index in [0.29, 0.717) is 21.8 Å². The summed E-state index contributed by atoms with van der Waals surface area (Å²) in [4.78, 5) is 47.6. The lowest BCUT2D eigenvalue weighted by Crippen LogP contribution is -2.37. The Labute approximate surface area is 181 Å². The molecule has 0 radical (unpaired) electrons. The highest BCUT2D eigenvalue weighted by Crippen LogP contribution is 2.18. The molecule has 31 heavy (non-hydrogen) atoms. The number of esters is 1. The number of aromatic nitrogens is 1. The molecule has 9 nitrogen and oxygen atoms in total. The lowest BCUT2D eigenvalue weighted by Gasteiger charge is -2.09. The largest absolute Gasteiger partial charge is 0.456 e. The Hall–Kier alpha value is -3.59. The van der Waals surface area contributed by atoms with Gasteiger partial charge in [0.05, 0.1) is 11.9 Å². The van der Waals surface area contributed by atoms with Crippen molar-refractivity contribution in [3.05, 3.63) is 63.1 Å². The third-order valence-electron chi connectivity index (χ3n) is 4.55. The standard InChI is InChI=1S/C21H20ClN3O6/c1-12-3-5-15(9-13(12)2)23-20(28)24-18(26)11-30-19(27)7-8-25-16-6-4-14(22)10-17(16)31-21(25)29/h3-6,9-10H,7-8,11H2,1-2H3,(H2,23,24,26,28). The molecule has 0 aliphatic heterocycles. The summed E-state index contributed by atoms with van der Waals surface area (Å²) >= 11 is 5.86. The van der Waals surface area contributed by atoms with Crippen LogP contribution < -0.4 is 16.4 Å². The highest BCUT2D eigenvalue weighted by molar-refractivity contribution is 6.31. The highest BCUT2D eigenvalue weighted by Gasteiger charge is 2.14. The minimum Gasteiger partial charge on any atom is -0.456 e. The van der Waals surface area contributed by atoms with Crippen LogP contribution in [0.3, 0.4) is 0 Å². The number of hydrogen-bond donors (Lipinski definition) is 2. The number of rotatable bonds is 6. The molecule has 162 valence electrons. The van der Waals surface area contributed by atoms with Crippen LogP contribution in [0.1, 0.15) is 17.5 Å². The van der Waals surface area contributed by atoms with Crippen LogP contribution >= 0.6 is 11.6 Å². The van der Waals surface area contributed by atoms with Crippen LogP contribution in [0, 0.1) is 13.8 Å². The molecule has 0 saturated heterocycles. The fourth-order valence-corrected chi connectivity index (χ4v) is 2.98. The van der Waals surface area contributed by atoms with Crippen LogP contribution in [-0.2, 0) is 20.9 Å². The maximum absolute atomic E-state index is 11.9. The minimum absolute atomic E-state index is 0.00117. The first-order valence-electron chi connectivity index (χ1n) is 9.35. The van der Waals surface area contributed by atoms with Gasteiger partial charge in [0.25, 0.3) is 5.91 Å². The van der Waals surface area contributed by atoms with Crippen LogP contribution in [0.2, 0.25) is 5.02 Å². The highest BCUT2D eigenvalue weighted by atomic mass is 35.5. The summed E-state index contributed by atoms with van der Waals surface area (Å²) in [5, 5.41) is 5.02. The summed E-state index contributed by atoms with van der Waals surface area (Å²) in [6.07, 6.45) is -0.167. The van der Waals surface area contributed by atoms with Crippen molar-refractivity contribution in [2.75, 3.05) is 11.9 Å². The number of carbonyl (C=O) groups is 3. The average Bonchev–Trinajstić information content (AvgIpc) is 3.01. The number of hydrogen-bond acceptors (Lipinski definition) is 6. The molecule has 0 spiro atoms. The Kier molecular flexibility index (Phi) is 6.76. The van der Waals surface area contributed by atoms with Gasteiger partial charge in [-0.1, -0.05) is 17.7 Å². The zero-order valence-corrected chi connectivity index (χ0v) is 17.6. The van der Waals surface area contributed by atoms with Gasteiger partial charge in [-0.05, 0) is 49.2 Å². The molecule has 0 atom stereocenters. The molecular formula is C21H20ClN3O6. The number of amides is 3. The van der Waals surface area contributed by atoms with Crippen LogP contribution in [0.25, 0.3) is 11.1 Å². The first-order valence-corrected chi connectivity index (χ1v) is 9.73. The molecule has 10 heteroatoms. The molecule has 1 heterocycles. The molecule has 0 unspecified atom stereocenters. The number of imide groups is 1. The molecule has 3 aromatic rings. The SMILES string of the molecule is Cc1ccc(NC(=O)NC(=O)COC(=O)CCn2c(=O)oc3cc(Cl)ccc32)cc1C. The van der Waals surface area contributed by atoms with Gasteiger partial charge in [0.1, 0.15) is 0 Å². The summed E-state index contributed by atoms with van der Waals surface area (Å²) in [6.45, 7) is 3.22. The van der Waals surface area contributed by atoms with Gasteiger partial charge in [-0.25, -0.2) is 9.59 Å². The number of nitrogens with one attached hydrogen (secondary N) is 2. The lowest BCUT2D eigenvalue weighted by atomic mass is 10.1. The normalized spacial score (nSPS) is 10.7. The summed E-state index contributed by atoms with van der Waals surface area (Å²) in [6, 6.07) is 9.30. The number of benzene rings is 2. The van der Waals surface area contributed by atoms with Crippen molar-refractivity contribution in [2.45, 2.75) is 26.8 Å². The Balaban J connectivity index is 1.45. The van der Waals surface area contributed by atoms with E-state index in [0.717, 1.165) is 11.1 Å². The van der Waals surface area contributed by atoms with Gasteiger partial charge < -0.3 is 14.5 Å². The maximum Gasteiger partial charge on any atom is 0.419 e. The van der Waals surface area contributed by atoms with Gasteiger partial charge in [-0.15, -0.1) is 0 Å². The third-order valence-corrected chi connectivity index (χ3v) is 4.79. The maximum atomic E-state index is 11.9. The second-order valence-electron chi connectivity index (χ2n) is 6.84. The topological polar surface area (TPSA) is 120 Å². The lowest BCUT2D eigenvalue weighted by molar-refractivity contribution is -0.148. The van der Waals surface area contributed by atoms with Crippen molar-refractivity contribution in [3.63, 3.8) is 0 Å². The smallest absolute Gasteiger partial charge is 0.419 e. The average molecular weight is 446 g/mol. The number of aryl methyl sites for hydroxylation is 3. The van der Waals surface area contributed by atoms with Crippen molar-refractivity contribution in [1.29, 1.82) is 0 Å². The molecule has 0 fully saturated rings. The number of urea groups is 1. The van der Waals surface area contributed by atoms with Gasteiger partial charge >= 0.3 is 17.8 Å². The van der Waals surface area contributed by atoms with Crippen LogP contribution in [0.15, 0.2) is 45.6 Å². The fourth-order valence-electron chi connectivity index (χ4n) is 2.82. The van der Waals surface area contributed by atoms with Gasteiger partial charge in [0.15, 0.2) is 12.2 Å². The van der Waals surface area contributed by atoms with Crippen molar-refractivity contribution in [2.24, 2.45) is 0 Å². The molecular weight excluding hydrogens is 426 g/mol. The van der Waals surface area contributed by atoms with E-state index in [-0.39, 0.29) is 13.0 Å². The zero-order valence-electron chi connectivity index (χ0n) is 16.9. The number of ether oxygens (including phenoxy) is 1. The van der Waals surface area contributed by atoms with Gasteiger partial charge in [-0.2, -0.15) is 0 Å². The number of fused-ring (bicyclic) bond motifs is 1. The second-order valence-corrected chi connectivity index (χ2v) is 7.28. The summed E-state index contributed by atoms with van der Waals surface area (Å²) in [5.74, 6) is -2.12. The third kappa shape index (κ3) is 5.73.